The average molecular weight is 415 g/mol. The smallest absolute Gasteiger partial charge is 0.356 e. The number of methoxy groups -OCH3 is 1. The van der Waals surface area contributed by atoms with Crippen molar-refractivity contribution >= 4 is 21.9 Å². The summed E-state index contributed by atoms with van der Waals surface area (Å²) in [6.45, 7) is 4.08. The van der Waals surface area contributed by atoms with Gasteiger partial charge in [0.25, 0.3) is 0 Å². The maximum Gasteiger partial charge on any atom is 0.356 e. The predicted molar refractivity (Wildman–Crippen MR) is 104 cm³/mol. The predicted octanol–water partition coefficient (Wildman–Crippen LogP) is 4.80. The van der Waals surface area contributed by atoms with Gasteiger partial charge in [0.05, 0.1) is 19.4 Å². The molecule has 0 N–H and O–H groups in total. The highest BCUT2D eigenvalue weighted by atomic mass is 79.9. The number of aromatic nitrogens is 2. The fourth-order valence-corrected chi connectivity index (χ4v) is 3.14. The first-order valence-electron chi connectivity index (χ1n) is 8.22. The molecule has 0 unspecified atom stereocenters. The van der Waals surface area contributed by atoms with Crippen molar-refractivity contribution in [3.05, 3.63) is 64.4 Å². The minimum atomic E-state index is -0.429. The van der Waals surface area contributed by atoms with Crippen LogP contribution in [0.15, 0.2) is 53.0 Å². The largest absolute Gasteiger partial charge is 0.496 e. The van der Waals surface area contributed by atoms with Gasteiger partial charge in [-0.1, -0.05) is 22.0 Å². The van der Waals surface area contributed by atoms with E-state index in [0.29, 0.717) is 12.4 Å². The standard InChI is InChI=1S/C20H19BrN2O3/c1-4-26-20(24)16-6-5-7-19(22-16)23-13(2)8-11-17(23)15-10-9-14(21)12-18(15)25-3/h5-12H,4H2,1-3H3. The van der Waals surface area contributed by atoms with Crippen molar-refractivity contribution in [3.63, 3.8) is 0 Å². The third-order valence-electron chi connectivity index (χ3n) is 3.96. The number of carbonyl (C=O) groups excluding carboxylic acids is 1. The molecule has 0 fully saturated rings. The molecular formula is C20H19BrN2O3. The summed E-state index contributed by atoms with van der Waals surface area (Å²) in [5.41, 5.74) is 3.15. The molecular weight excluding hydrogens is 396 g/mol. The molecule has 0 aliphatic carbocycles. The molecule has 2 heterocycles. The van der Waals surface area contributed by atoms with Crippen molar-refractivity contribution in [1.29, 1.82) is 0 Å². The SMILES string of the molecule is CCOC(=O)c1cccc(-n2c(C)ccc2-c2ccc(Br)cc2OC)n1. The van der Waals surface area contributed by atoms with Crippen LogP contribution in [0.3, 0.4) is 0 Å². The number of rotatable bonds is 5. The minimum absolute atomic E-state index is 0.283. The number of esters is 1. The van der Waals surface area contributed by atoms with Crippen LogP contribution in [0.4, 0.5) is 0 Å². The molecule has 134 valence electrons. The Hall–Kier alpha value is -2.60. The third kappa shape index (κ3) is 3.51. The summed E-state index contributed by atoms with van der Waals surface area (Å²) in [5.74, 6) is 0.972. The summed E-state index contributed by atoms with van der Waals surface area (Å²) in [4.78, 5) is 16.5. The van der Waals surface area contributed by atoms with Crippen LogP contribution in [0.5, 0.6) is 5.75 Å². The van der Waals surface area contributed by atoms with E-state index in [1.54, 1.807) is 26.2 Å². The van der Waals surface area contributed by atoms with E-state index in [9.17, 15) is 4.79 Å². The molecule has 3 aromatic rings. The van der Waals surface area contributed by atoms with Gasteiger partial charge in [-0.05, 0) is 56.3 Å². The highest BCUT2D eigenvalue weighted by Gasteiger charge is 2.16. The number of pyridine rings is 1. The maximum absolute atomic E-state index is 12.0. The monoisotopic (exact) mass is 414 g/mol. The van der Waals surface area contributed by atoms with Gasteiger partial charge in [0, 0.05) is 15.7 Å². The number of hydrogen-bond acceptors (Lipinski definition) is 4. The zero-order chi connectivity index (χ0) is 18.7. The van der Waals surface area contributed by atoms with Crippen LogP contribution in [0.2, 0.25) is 0 Å². The second-order valence-corrected chi connectivity index (χ2v) is 6.56. The Labute approximate surface area is 160 Å². The molecule has 0 radical (unpaired) electrons. The number of benzene rings is 1. The van der Waals surface area contributed by atoms with Gasteiger partial charge >= 0.3 is 5.97 Å². The molecule has 0 saturated heterocycles. The molecule has 26 heavy (non-hydrogen) atoms. The van der Waals surface area contributed by atoms with Gasteiger partial charge in [-0.3, -0.25) is 4.57 Å². The Bertz CT molecular complexity index is 950. The van der Waals surface area contributed by atoms with Gasteiger partial charge in [0.1, 0.15) is 11.6 Å². The number of ether oxygens (including phenoxy) is 2. The molecule has 0 atom stereocenters. The summed E-state index contributed by atoms with van der Waals surface area (Å²) in [5, 5.41) is 0. The number of halogens is 1. The highest BCUT2D eigenvalue weighted by molar-refractivity contribution is 9.10. The Kier molecular flexibility index (Phi) is 5.42. The topological polar surface area (TPSA) is 53.4 Å². The van der Waals surface area contributed by atoms with E-state index >= 15 is 0 Å². The molecule has 2 aromatic heterocycles. The van der Waals surface area contributed by atoms with E-state index in [0.717, 1.165) is 27.2 Å². The first kappa shape index (κ1) is 18.2. The zero-order valence-electron chi connectivity index (χ0n) is 14.8. The second kappa shape index (κ2) is 7.74. The van der Waals surface area contributed by atoms with Crippen LogP contribution < -0.4 is 4.74 Å². The summed E-state index contributed by atoms with van der Waals surface area (Å²) >= 11 is 3.47. The Morgan fingerprint density at radius 1 is 1.19 bits per heavy atom. The maximum atomic E-state index is 12.0. The molecule has 0 aliphatic rings. The average Bonchev–Trinajstić information content (AvgIpc) is 3.03. The van der Waals surface area contributed by atoms with E-state index in [1.165, 1.54) is 0 Å². The zero-order valence-corrected chi connectivity index (χ0v) is 16.4. The van der Waals surface area contributed by atoms with Crippen molar-refractivity contribution in [1.82, 2.24) is 9.55 Å². The second-order valence-electron chi connectivity index (χ2n) is 5.64. The van der Waals surface area contributed by atoms with Crippen LogP contribution >= 0.6 is 15.9 Å². The van der Waals surface area contributed by atoms with Crippen molar-refractivity contribution in [3.8, 4) is 22.8 Å². The Balaban J connectivity index is 2.13. The lowest BCUT2D eigenvalue weighted by Crippen LogP contribution is -2.10. The lowest BCUT2D eigenvalue weighted by atomic mass is 10.1. The van der Waals surface area contributed by atoms with E-state index in [-0.39, 0.29) is 5.69 Å². The summed E-state index contributed by atoms with van der Waals surface area (Å²) < 4.78 is 13.5. The van der Waals surface area contributed by atoms with Crippen molar-refractivity contribution in [2.45, 2.75) is 13.8 Å². The number of hydrogen-bond donors (Lipinski definition) is 0. The van der Waals surface area contributed by atoms with Crippen LogP contribution in [0.1, 0.15) is 23.1 Å². The lowest BCUT2D eigenvalue weighted by Gasteiger charge is -2.14. The van der Waals surface area contributed by atoms with Gasteiger partial charge in [-0.15, -0.1) is 0 Å². The fraction of sp³-hybridized carbons (Fsp3) is 0.200. The van der Waals surface area contributed by atoms with Crippen LogP contribution in [0.25, 0.3) is 17.1 Å². The summed E-state index contributed by atoms with van der Waals surface area (Å²) in [6.07, 6.45) is 0. The third-order valence-corrected chi connectivity index (χ3v) is 4.46. The molecule has 5 nitrogen and oxygen atoms in total. The van der Waals surface area contributed by atoms with Crippen molar-refractivity contribution < 1.29 is 14.3 Å². The first-order chi connectivity index (χ1) is 12.5. The molecule has 0 spiro atoms. The minimum Gasteiger partial charge on any atom is -0.496 e. The highest BCUT2D eigenvalue weighted by Crippen LogP contribution is 2.35. The van der Waals surface area contributed by atoms with Crippen LogP contribution in [-0.4, -0.2) is 29.2 Å². The fourth-order valence-electron chi connectivity index (χ4n) is 2.80. The lowest BCUT2D eigenvalue weighted by molar-refractivity contribution is 0.0519. The number of nitrogens with zero attached hydrogens (tertiary/aromatic N) is 2. The first-order valence-corrected chi connectivity index (χ1v) is 9.01. The normalized spacial score (nSPS) is 10.6. The van der Waals surface area contributed by atoms with E-state index in [1.807, 2.05) is 47.9 Å². The van der Waals surface area contributed by atoms with Gasteiger partial charge < -0.3 is 9.47 Å². The summed E-state index contributed by atoms with van der Waals surface area (Å²) in [6, 6.07) is 15.2. The summed E-state index contributed by atoms with van der Waals surface area (Å²) in [7, 11) is 1.64. The molecule has 6 heteroatoms. The van der Waals surface area contributed by atoms with Crippen molar-refractivity contribution in [2.24, 2.45) is 0 Å². The molecule has 0 bridgehead atoms. The van der Waals surface area contributed by atoms with Crippen LogP contribution in [0, 0.1) is 6.92 Å². The number of aryl methyl sites for hydroxylation is 1. The van der Waals surface area contributed by atoms with Gasteiger partial charge in [0.2, 0.25) is 0 Å². The number of carbonyl (C=O) groups is 1. The molecule has 0 amide bonds. The van der Waals surface area contributed by atoms with E-state index in [4.69, 9.17) is 9.47 Å². The van der Waals surface area contributed by atoms with Gasteiger partial charge in [0.15, 0.2) is 5.69 Å². The molecule has 0 aliphatic heterocycles. The Morgan fingerprint density at radius 3 is 2.73 bits per heavy atom. The molecule has 3 rings (SSSR count). The van der Waals surface area contributed by atoms with Gasteiger partial charge in [-0.2, -0.15) is 0 Å². The van der Waals surface area contributed by atoms with E-state index < -0.39 is 5.97 Å². The quantitative estimate of drug-likeness (QED) is 0.562. The van der Waals surface area contributed by atoms with Crippen molar-refractivity contribution in [2.75, 3.05) is 13.7 Å². The van der Waals surface area contributed by atoms with E-state index in [2.05, 4.69) is 20.9 Å². The molecule has 0 saturated carbocycles. The molecule has 1 aromatic carbocycles. The van der Waals surface area contributed by atoms with Crippen LogP contribution in [-0.2, 0) is 4.74 Å². The Morgan fingerprint density at radius 2 is 2.00 bits per heavy atom. The van der Waals surface area contributed by atoms with Gasteiger partial charge in [-0.25, -0.2) is 9.78 Å².